The van der Waals surface area contributed by atoms with E-state index in [1.807, 2.05) is 24.3 Å². The van der Waals surface area contributed by atoms with Crippen molar-refractivity contribution in [2.45, 2.75) is 0 Å². The first-order valence-corrected chi connectivity index (χ1v) is 5.36. The lowest BCUT2D eigenvalue weighted by atomic mass is 10.1. The maximum atomic E-state index is 3.99. The second-order valence-electron chi connectivity index (χ2n) is 3.19. The summed E-state index contributed by atoms with van der Waals surface area (Å²) in [4.78, 5) is 0. The number of aromatic nitrogens is 3. The lowest BCUT2D eigenvalue weighted by Gasteiger charge is -2.01. The van der Waals surface area contributed by atoms with E-state index in [1.165, 1.54) is 22.3 Å². The average Bonchev–Trinajstić information content (AvgIpc) is 2.82. The molecule has 0 spiro atoms. The van der Waals surface area contributed by atoms with Crippen molar-refractivity contribution in [3.8, 4) is 10.6 Å². The monoisotopic (exact) mass is 213 g/mol. The van der Waals surface area contributed by atoms with Crippen LogP contribution in [0.1, 0.15) is 0 Å². The van der Waals surface area contributed by atoms with E-state index in [1.54, 1.807) is 0 Å². The molecular formula is C11H7N3S. The Labute approximate surface area is 90.5 Å². The Kier molecular flexibility index (Phi) is 1.93. The van der Waals surface area contributed by atoms with Crippen LogP contribution in [0.2, 0.25) is 0 Å². The van der Waals surface area contributed by atoms with E-state index in [0.717, 1.165) is 10.6 Å². The van der Waals surface area contributed by atoms with Gasteiger partial charge in [0.15, 0.2) is 5.01 Å². The van der Waals surface area contributed by atoms with Gasteiger partial charge in [-0.15, -0.1) is 5.10 Å². The van der Waals surface area contributed by atoms with Gasteiger partial charge in [-0.1, -0.05) is 47.0 Å². The average molecular weight is 213 g/mol. The minimum absolute atomic E-state index is 0.867. The third-order valence-corrected chi connectivity index (χ3v) is 2.95. The zero-order chi connectivity index (χ0) is 10.1. The first kappa shape index (κ1) is 8.49. The van der Waals surface area contributed by atoms with Crippen LogP contribution in [0, 0.1) is 0 Å². The molecule has 0 saturated carbocycles. The van der Waals surface area contributed by atoms with Crippen LogP contribution in [0.15, 0.2) is 42.5 Å². The van der Waals surface area contributed by atoms with Gasteiger partial charge in [0, 0.05) is 17.1 Å². The smallest absolute Gasteiger partial charge is 0.117 e. The molecule has 1 aromatic heterocycles. The van der Waals surface area contributed by atoms with E-state index in [2.05, 4.69) is 33.0 Å². The van der Waals surface area contributed by atoms with Crippen molar-refractivity contribution in [1.29, 1.82) is 0 Å². The van der Waals surface area contributed by atoms with Crippen LogP contribution in [0.4, 0.5) is 0 Å². The second kappa shape index (κ2) is 3.40. The molecule has 0 fully saturated rings. The molecule has 0 saturated heterocycles. The molecule has 0 radical (unpaired) electrons. The normalized spacial score (nSPS) is 10.7. The molecule has 0 aliphatic heterocycles. The van der Waals surface area contributed by atoms with Crippen LogP contribution in [0.5, 0.6) is 0 Å². The summed E-state index contributed by atoms with van der Waals surface area (Å²) >= 11 is 1.32. The summed E-state index contributed by atoms with van der Waals surface area (Å²) < 4.78 is 3.79. The predicted octanol–water partition coefficient (Wildman–Crippen LogP) is 2.75. The highest BCUT2D eigenvalue weighted by Crippen LogP contribution is 2.28. The van der Waals surface area contributed by atoms with Gasteiger partial charge in [-0.3, -0.25) is 0 Å². The third-order valence-electron chi connectivity index (χ3n) is 2.32. The van der Waals surface area contributed by atoms with Crippen LogP contribution >= 0.6 is 11.5 Å². The largest absolute Gasteiger partial charge is 0.168 e. The van der Waals surface area contributed by atoms with E-state index in [4.69, 9.17) is 0 Å². The van der Waals surface area contributed by atoms with Gasteiger partial charge in [0.2, 0.25) is 0 Å². The minimum atomic E-state index is 0.867. The molecule has 4 heteroatoms. The summed E-state index contributed by atoms with van der Waals surface area (Å²) in [5.74, 6) is 0. The summed E-state index contributed by atoms with van der Waals surface area (Å²) in [6.45, 7) is 0. The predicted molar refractivity (Wildman–Crippen MR) is 60.6 cm³/mol. The van der Waals surface area contributed by atoms with Crippen LogP contribution in [0.25, 0.3) is 21.3 Å². The van der Waals surface area contributed by atoms with Crippen LogP contribution in [-0.2, 0) is 0 Å². The standard InChI is InChI=1S/C11H7N3S/c1-2-6-9-8(4-1)5-3-7-10(9)11-12-13-14-15-11/h1-7H. The molecule has 3 aromatic rings. The van der Waals surface area contributed by atoms with Gasteiger partial charge in [-0.2, -0.15) is 0 Å². The van der Waals surface area contributed by atoms with Crippen LogP contribution in [-0.4, -0.2) is 14.8 Å². The Hall–Kier alpha value is -1.81. The fraction of sp³-hybridized carbons (Fsp3) is 0. The van der Waals surface area contributed by atoms with Gasteiger partial charge < -0.3 is 0 Å². The fourth-order valence-electron chi connectivity index (χ4n) is 1.65. The summed E-state index contributed by atoms with van der Waals surface area (Å²) in [6.07, 6.45) is 0. The molecule has 15 heavy (non-hydrogen) atoms. The topological polar surface area (TPSA) is 38.7 Å². The lowest BCUT2D eigenvalue weighted by molar-refractivity contribution is 0.962. The van der Waals surface area contributed by atoms with Gasteiger partial charge >= 0.3 is 0 Å². The molecule has 72 valence electrons. The lowest BCUT2D eigenvalue weighted by Crippen LogP contribution is -1.80. The third kappa shape index (κ3) is 1.39. The molecule has 1 heterocycles. The first-order valence-electron chi connectivity index (χ1n) is 4.58. The number of benzene rings is 2. The van der Waals surface area contributed by atoms with E-state index >= 15 is 0 Å². The molecule has 0 aliphatic rings. The highest BCUT2D eigenvalue weighted by atomic mass is 32.1. The minimum Gasteiger partial charge on any atom is -0.117 e. The molecule has 2 aromatic carbocycles. The molecule has 0 amide bonds. The van der Waals surface area contributed by atoms with Gasteiger partial charge in [0.25, 0.3) is 0 Å². The van der Waals surface area contributed by atoms with Crippen molar-refractivity contribution in [3.63, 3.8) is 0 Å². The van der Waals surface area contributed by atoms with Gasteiger partial charge in [0.05, 0.1) is 0 Å². The molecule has 0 unspecified atom stereocenters. The molecule has 0 N–H and O–H groups in total. The molecule has 0 atom stereocenters. The Morgan fingerprint density at radius 1 is 0.933 bits per heavy atom. The van der Waals surface area contributed by atoms with Gasteiger partial charge in [-0.25, -0.2) is 0 Å². The van der Waals surface area contributed by atoms with Gasteiger partial charge in [0.1, 0.15) is 0 Å². The molecule has 0 aliphatic carbocycles. The van der Waals surface area contributed by atoms with Gasteiger partial charge in [-0.05, 0) is 16.0 Å². The van der Waals surface area contributed by atoms with Crippen molar-refractivity contribution in [2.75, 3.05) is 0 Å². The summed E-state index contributed by atoms with van der Waals surface area (Å²) in [5, 5.41) is 10.9. The van der Waals surface area contributed by atoms with Crippen molar-refractivity contribution in [1.82, 2.24) is 14.8 Å². The number of hydrogen-bond acceptors (Lipinski definition) is 4. The van der Waals surface area contributed by atoms with E-state index in [9.17, 15) is 0 Å². The molecule has 3 nitrogen and oxygen atoms in total. The maximum absolute atomic E-state index is 3.99. The van der Waals surface area contributed by atoms with E-state index in [-0.39, 0.29) is 0 Å². The molecule has 3 rings (SSSR count). The quantitative estimate of drug-likeness (QED) is 0.624. The zero-order valence-electron chi connectivity index (χ0n) is 7.79. The SMILES string of the molecule is c1ccc2c(-c3nnns3)cccc2c1. The summed E-state index contributed by atoms with van der Waals surface area (Å²) in [6, 6.07) is 14.4. The second-order valence-corrected chi connectivity index (χ2v) is 3.93. The van der Waals surface area contributed by atoms with Crippen LogP contribution < -0.4 is 0 Å². The van der Waals surface area contributed by atoms with Crippen molar-refractivity contribution < 1.29 is 0 Å². The number of fused-ring (bicyclic) bond motifs is 1. The summed E-state index contributed by atoms with van der Waals surface area (Å²) in [5.41, 5.74) is 1.10. The maximum Gasteiger partial charge on any atom is 0.168 e. The van der Waals surface area contributed by atoms with Crippen molar-refractivity contribution >= 4 is 22.3 Å². The van der Waals surface area contributed by atoms with E-state index < -0.39 is 0 Å². The Morgan fingerprint density at radius 3 is 2.67 bits per heavy atom. The van der Waals surface area contributed by atoms with Crippen molar-refractivity contribution in [3.05, 3.63) is 42.5 Å². The highest BCUT2D eigenvalue weighted by Gasteiger charge is 2.06. The summed E-state index contributed by atoms with van der Waals surface area (Å²) in [7, 11) is 0. The fourth-order valence-corrected chi connectivity index (χ4v) is 2.15. The Morgan fingerprint density at radius 2 is 1.80 bits per heavy atom. The van der Waals surface area contributed by atoms with Crippen molar-refractivity contribution in [2.24, 2.45) is 0 Å². The zero-order valence-corrected chi connectivity index (χ0v) is 8.61. The number of nitrogens with zero attached hydrogens (tertiary/aromatic N) is 3. The highest BCUT2D eigenvalue weighted by molar-refractivity contribution is 7.08. The van der Waals surface area contributed by atoms with E-state index in [0.29, 0.717) is 0 Å². The van der Waals surface area contributed by atoms with Crippen LogP contribution in [0.3, 0.4) is 0 Å². The number of rotatable bonds is 1. The Balaban J connectivity index is 2.36. The number of hydrogen-bond donors (Lipinski definition) is 0. The molecular weight excluding hydrogens is 206 g/mol. The Bertz CT molecular complexity index is 584. The molecule has 0 bridgehead atoms. The first-order chi connectivity index (χ1) is 7.45.